The maximum Gasteiger partial charge on any atom is 0.256 e. The number of carbonyl (C=O) groups excluding carboxylic acids is 2. The first-order valence-corrected chi connectivity index (χ1v) is 9.73. The van der Waals surface area contributed by atoms with E-state index in [-0.39, 0.29) is 11.7 Å². The molecule has 132 valence electrons. The van der Waals surface area contributed by atoms with Gasteiger partial charge >= 0.3 is 0 Å². The summed E-state index contributed by atoms with van der Waals surface area (Å²) in [7, 11) is 0. The van der Waals surface area contributed by atoms with Crippen molar-refractivity contribution in [2.45, 2.75) is 11.8 Å². The molecule has 0 aliphatic heterocycles. The fourth-order valence-electron chi connectivity index (χ4n) is 2.35. The number of nitrogens with zero attached hydrogens (tertiary/aromatic N) is 1. The third-order valence-electron chi connectivity index (χ3n) is 3.56. The number of thioether (sulfide) groups is 1. The van der Waals surface area contributed by atoms with Gasteiger partial charge < -0.3 is 11.1 Å². The zero-order chi connectivity index (χ0) is 18.5. The molecule has 0 unspecified atom stereocenters. The Hall–Kier alpha value is -2.64. The van der Waals surface area contributed by atoms with Gasteiger partial charge in [0.2, 0.25) is 5.91 Å². The number of anilines is 1. The van der Waals surface area contributed by atoms with Gasteiger partial charge in [0.1, 0.15) is 0 Å². The molecule has 0 aliphatic carbocycles. The van der Waals surface area contributed by atoms with Gasteiger partial charge in [-0.05, 0) is 31.2 Å². The molecule has 0 saturated heterocycles. The van der Waals surface area contributed by atoms with Crippen molar-refractivity contribution in [3.8, 4) is 11.3 Å². The minimum atomic E-state index is -0.418. The molecule has 3 rings (SSSR count). The number of nitrogens with two attached hydrogens (primary N) is 1. The molecule has 1 heterocycles. The summed E-state index contributed by atoms with van der Waals surface area (Å²) in [6.45, 7) is 1.97. The minimum absolute atomic E-state index is 0.131. The largest absolute Gasteiger partial charge is 0.369 e. The highest BCUT2D eigenvalue weighted by Gasteiger charge is 2.12. The van der Waals surface area contributed by atoms with Crippen LogP contribution in [-0.4, -0.2) is 22.6 Å². The summed E-state index contributed by atoms with van der Waals surface area (Å²) in [5, 5.41) is 5.91. The molecule has 2 amide bonds. The molecule has 5 nitrogen and oxygen atoms in total. The van der Waals surface area contributed by atoms with Crippen molar-refractivity contribution in [3.63, 3.8) is 0 Å². The van der Waals surface area contributed by atoms with E-state index < -0.39 is 5.91 Å². The standard InChI is InChI=1S/C19H17N3O2S2/c1-12-21-16(10-25-12)13-6-8-14(9-7-13)22-19(24)15-4-2-3-5-17(15)26-11-18(20)23/h2-10H,11H2,1H3,(H2,20,23)(H,22,24). The molecule has 0 bridgehead atoms. The maximum atomic E-state index is 12.6. The van der Waals surface area contributed by atoms with Crippen molar-refractivity contribution in [2.75, 3.05) is 11.1 Å². The highest BCUT2D eigenvalue weighted by molar-refractivity contribution is 8.00. The molecule has 0 aliphatic rings. The highest BCUT2D eigenvalue weighted by atomic mass is 32.2. The number of carbonyl (C=O) groups is 2. The van der Waals surface area contributed by atoms with Crippen molar-refractivity contribution in [3.05, 3.63) is 64.5 Å². The second kappa shape index (κ2) is 8.16. The van der Waals surface area contributed by atoms with Crippen molar-refractivity contribution in [1.29, 1.82) is 0 Å². The van der Waals surface area contributed by atoms with E-state index in [0.29, 0.717) is 11.3 Å². The Balaban J connectivity index is 1.73. The normalized spacial score (nSPS) is 10.5. The summed E-state index contributed by atoms with van der Waals surface area (Å²) in [6.07, 6.45) is 0. The van der Waals surface area contributed by atoms with Crippen molar-refractivity contribution < 1.29 is 9.59 Å². The van der Waals surface area contributed by atoms with Gasteiger partial charge in [-0.15, -0.1) is 23.1 Å². The number of primary amides is 1. The summed E-state index contributed by atoms with van der Waals surface area (Å²) in [6, 6.07) is 14.7. The van der Waals surface area contributed by atoms with Crippen LogP contribution in [0.15, 0.2) is 58.8 Å². The molecule has 3 aromatic rings. The molecule has 0 fully saturated rings. The fraction of sp³-hybridized carbons (Fsp3) is 0.105. The van der Waals surface area contributed by atoms with Gasteiger partial charge in [-0.25, -0.2) is 4.98 Å². The molecule has 0 atom stereocenters. The van der Waals surface area contributed by atoms with E-state index in [1.54, 1.807) is 29.5 Å². The first-order chi connectivity index (χ1) is 12.5. The van der Waals surface area contributed by atoms with Crippen LogP contribution in [0.1, 0.15) is 15.4 Å². The summed E-state index contributed by atoms with van der Waals surface area (Å²) in [5.41, 5.74) is 8.33. The van der Waals surface area contributed by atoms with Crippen LogP contribution in [0.4, 0.5) is 5.69 Å². The number of aromatic nitrogens is 1. The van der Waals surface area contributed by atoms with Crippen molar-refractivity contribution in [1.82, 2.24) is 4.98 Å². The average Bonchev–Trinajstić information content (AvgIpc) is 3.07. The quantitative estimate of drug-likeness (QED) is 0.631. The number of nitrogens with one attached hydrogen (secondary N) is 1. The van der Waals surface area contributed by atoms with E-state index in [1.807, 2.05) is 42.6 Å². The number of hydrogen-bond acceptors (Lipinski definition) is 5. The lowest BCUT2D eigenvalue weighted by Crippen LogP contribution is -2.15. The molecule has 3 N–H and O–H groups in total. The van der Waals surface area contributed by atoms with Crippen molar-refractivity contribution in [2.24, 2.45) is 5.73 Å². The predicted molar refractivity (Wildman–Crippen MR) is 107 cm³/mol. The predicted octanol–water partition coefficient (Wildman–Crippen LogP) is 3.95. The van der Waals surface area contributed by atoms with Gasteiger partial charge in [0.15, 0.2) is 0 Å². The van der Waals surface area contributed by atoms with Crippen LogP contribution in [0, 0.1) is 6.92 Å². The molecule has 0 radical (unpaired) electrons. The smallest absolute Gasteiger partial charge is 0.256 e. The van der Waals surface area contributed by atoms with Crippen LogP contribution >= 0.6 is 23.1 Å². The monoisotopic (exact) mass is 383 g/mol. The minimum Gasteiger partial charge on any atom is -0.369 e. The van der Waals surface area contributed by atoms with Crippen LogP contribution in [0.2, 0.25) is 0 Å². The van der Waals surface area contributed by atoms with E-state index in [4.69, 9.17) is 5.73 Å². The molecule has 1 aromatic heterocycles. The Morgan fingerprint density at radius 2 is 1.88 bits per heavy atom. The molecule has 2 aromatic carbocycles. The SMILES string of the molecule is Cc1nc(-c2ccc(NC(=O)c3ccccc3SCC(N)=O)cc2)cs1. The van der Waals surface area contributed by atoms with Crippen LogP contribution < -0.4 is 11.1 Å². The Bertz CT molecular complexity index is 936. The van der Waals surface area contributed by atoms with E-state index in [1.165, 1.54) is 11.8 Å². The number of thiazole rings is 1. The third-order valence-corrected chi connectivity index (χ3v) is 5.43. The molecule has 7 heteroatoms. The molecular formula is C19H17N3O2S2. The Kier molecular flexibility index (Phi) is 5.70. The average molecular weight is 383 g/mol. The summed E-state index contributed by atoms with van der Waals surface area (Å²) in [5.74, 6) is -0.514. The first-order valence-electron chi connectivity index (χ1n) is 7.87. The Labute approximate surface area is 159 Å². The summed E-state index contributed by atoms with van der Waals surface area (Å²) < 4.78 is 0. The number of hydrogen-bond donors (Lipinski definition) is 2. The molecule has 0 saturated carbocycles. The van der Waals surface area contributed by atoms with E-state index in [9.17, 15) is 9.59 Å². The Morgan fingerprint density at radius 3 is 2.54 bits per heavy atom. The first kappa shape index (κ1) is 18.2. The van der Waals surface area contributed by atoms with E-state index in [0.717, 1.165) is 21.2 Å². The zero-order valence-corrected chi connectivity index (χ0v) is 15.7. The highest BCUT2D eigenvalue weighted by Crippen LogP contribution is 2.25. The Morgan fingerprint density at radius 1 is 1.15 bits per heavy atom. The number of aryl methyl sites for hydroxylation is 1. The molecule has 0 spiro atoms. The van der Waals surface area contributed by atoms with Gasteiger partial charge in [-0.3, -0.25) is 9.59 Å². The number of rotatable bonds is 6. The van der Waals surface area contributed by atoms with Gasteiger partial charge in [0, 0.05) is 21.5 Å². The summed E-state index contributed by atoms with van der Waals surface area (Å²) in [4.78, 5) is 28.8. The van der Waals surface area contributed by atoms with E-state index in [2.05, 4.69) is 10.3 Å². The molecule has 26 heavy (non-hydrogen) atoms. The van der Waals surface area contributed by atoms with Crippen LogP contribution in [-0.2, 0) is 4.79 Å². The molecular weight excluding hydrogens is 366 g/mol. The third kappa shape index (κ3) is 4.50. The zero-order valence-electron chi connectivity index (χ0n) is 14.1. The number of benzene rings is 2. The second-order valence-electron chi connectivity index (χ2n) is 5.53. The van der Waals surface area contributed by atoms with Gasteiger partial charge in [0.05, 0.1) is 22.0 Å². The van der Waals surface area contributed by atoms with Crippen LogP contribution in [0.5, 0.6) is 0 Å². The lowest BCUT2D eigenvalue weighted by atomic mass is 10.1. The van der Waals surface area contributed by atoms with Gasteiger partial charge in [-0.1, -0.05) is 24.3 Å². The lowest BCUT2D eigenvalue weighted by molar-refractivity contribution is -0.115. The summed E-state index contributed by atoms with van der Waals surface area (Å²) >= 11 is 2.86. The van der Waals surface area contributed by atoms with Crippen molar-refractivity contribution >= 4 is 40.6 Å². The van der Waals surface area contributed by atoms with E-state index >= 15 is 0 Å². The van der Waals surface area contributed by atoms with Gasteiger partial charge in [0.25, 0.3) is 5.91 Å². The fourth-order valence-corrected chi connectivity index (χ4v) is 3.76. The van der Waals surface area contributed by atoms with Gasteiger partial charge in [-0.2, -0.15) is 0 Å². The maximum absolute atomic E-state index is 12.6. The topological polar surface area (TPSA) is 85.1 Å². The van der Waals surface area contributed by atoms with Crippen LogP contribution in [0.3, 0.4) is 0 Å². The number of amides is 2. The van der Waals surface area contributed by atoms with Crippen LogP contribution in [0.25, 0.3) is 11.3 Å². The lowest BCUT2D eigenvalue weighted by Gasteiger charge is -2.10. The second-order valence-corrected chi connectivity index (χ2v) is 7.61.